The van der Waals surface area contributed by atoms with E-state index in [1.807, 2.05) is 6.08 Å². The van der Waals surface area contributed by atoms with Crippen LogP contribution in [0.15, 0.2) is 12.2 Å². The Hall–Kier alpha value is -0.720. The first-order chi connectivity index (χ1) is 27.3. The number of hydrogen-bond acceptors (Lipinski definition) is 4. The predicted octanol–water partition coefficient (Wildman–Crippen LogP) is 15.1. The third kappa shape index (κ3) is 44.4. The number of allylic oxidation sites excluding steroid dienone is 1. The lowest BCUT2D eigenvalue weighted by Crippen LogP contribution is -2.45. The molecule has 1 amide bonds. The van der Waals surface area contributed by atoms with E-state index in [1.54, 1.807) is 6.08 Å². The van der Waals surface area contributed by atoms with E-state index in [4.69, 9.17) is 9.79 Å². The van der Waals surface area contributed by atoms with Crippen LogP contribution < -0.4 is 5.32 Å². The molecule has 56 heavy (non-hydrogen) atoms. The molecule has 0 aliphatic carbocycles. The molecule has 8 heteroatoms. The zero-order chi connectivity index (χ0) is 41.1. The summed E-state index contributed by atoms with van der Waals surface area (Å²) in [6, 6.07) is -0.904. The van der Waals surface area contributed by atoms with Crippen molar-refractivity contribution in [1.82, 2.24) is 5.32 Å². The van der Waals surface area contributed by atoms with Gasteiger partial charge in [0.05, 0.1) is 18.8 Å². The largest absolute Gasteiger partial charge is 0.469 e. The van der Waals surface area contributed by atoms with Crippen molar-refractivity contribution in [3.8, 4) is 0 Å². The molecule has 0 saturated carbocycles. The molecular formula is C48H96NO6P. The zero-order valence-electron chi connectivity index (χ0n) is 37.3. The number of phosphoric acid groups is 1. The van der Waals surface area contributed by atoms with E-state index in [1.165, 1.54) is 212 Å². The van der Waals surface area contributed by atoms with Gasteiger partial charge in [-0.1, -0.05) is 257 Å². The molecule has 334 valence electrons. The molecule has 4 N–H and O–H groups in total. The quantitative estimate of drug-likeness (QED) is 0.0276. The molecule has 0 aliphatic rings. The van der Waals surface area contributed by atoms with E-state index in [0.717, 1.165) is 38.5 Å². The zero-order valence-corrected chi connectivity index (χ0v) is 38.2. The summed E-state index contributed by atoms with van der Waals surface area (Å²) in [5, 5.41) is 13.3. The van der Waals surface area contributed by atoms with Gasteiger partial charge in [0.25, 0.3) is 0 Å². The van der Waals surface area contributed by atoms with Crippen molar-refractivity contribution in [2.24, 2.45) is 0 Å². The lowest BCUT2D eigenvalue weighted by molar-refractivity contribution is -0.123. The number of phosphoric ester groups is 1. The fraction of sp³-hybridized carbons (Fsp3) is 0.938. The molecule has 0 rings (SSSR count). The van der Waals surface area contributed by atoms with Gasteiger partial charge in [0, 0.05) is 6.42 Å². The molecule has 0 bridgehead atoms. The summed E-state index contributed by atoms with van der Waals surface area (Å²) in [6.45, 7) is 4.06. The monoisotopic (exact) mass is 814 g/mol. The molecular weight excluding hydrogens is 718 g/mol. The van der Waals surface area contributed by atoms with Gasteiger partial charge in [0.2, 0.25) is 5.91 Å². The smallest absolute Gasteiger partial charge is 0.387 e. The second-order valence-electron chi connectivity index (χ2n) is 17.1. The number of unbranched alkanes of at least 4 members (excludes halogenated alkanes) is 37. The Morgan fingerprint density at radius 3 is 1.09 bits per heavy atom. The maximum atomic E-state index is 12.6. The number of aliphatic hydroxyl groups excluding tert-OH is 1. The summed E-state index contributed by atoms with van der Waals surface area (Å²) < 4.78 is 15.9. The second kappa shape index (κ2) is 43.8. The highest BCUT2D eigenvalue weighted by Gasteiger charge is 2.24. The van der Waals surface area contributed by atoms with Gasteiger partial charge >= 0.3 is 7.82 Å². The molecule has 0 heterocycles. The first-order valence-electron chi connectivity index (χ1n) is 24.6. The first-order valence-corrected chi connectivity index (χ1v) is 26.2. The van der Waals surface area contributed by atoms with Crippen LogP contribution in [0.25, 0.3) is 0 Å². The highest BCUT2D eigenvalue weighted by Crippen LogP contribution is 2.36. The first kappa shape index (κ1) is 55.3. The molecule has 0 saturated heterocycles. The topological polar surface area (TPSA) is 116 Å². The summed E-state index contributed by atoms with van der Waals surface area (Å²) in [5.74, 6) is -0.223. The summed E-state index contributed by atoms with van der Waals surface area (Å²) in [4.78, 5) is 30.8. The highest BCUT2D eigenvalue weighted by molar-refractivity contribution is 7.46. The van der Waals surface area contributed by atoms with Gasteiger partial charge in [-0.05, 0) is 19.3 Å². The van der Waals surface area contributed by atoms with E-state index in [2.05, 4.69) is 23.7 Å². The predicted molar refractivity (Wildman–Crippen MR) is 241 cm³/mol. The third-order valence-electron chi connectivity index (χ3n) is 11.5. The Balaban J connectivity index is 3.61. The van der Waals surface area contributed by atoms with Gasteiger partial charge in [-0.2, -0.15) is 0 Å². The molecule has 0 radical (unpaired) electrons. The fourth-order valence-corrected chi connectivity index (χ4v) is 8.11. The third-order valence-corrected chi connectivity index (χ3v) is 12.0. The van der Waals surface area contributed by atoms with Crippen molar-refractivity contribution in [3.63, 3.8) is 0 Å². The summed E-state index contributed by atoms with van der Waals surface area (Å²) in [7, 11) is -4.71. The van der Waals surface area contributed by atoms with Crippen molar-refractivity contribution in [2.75, 3.05) is 6.61 Å². The SMILES string of the molecule is CCCCCCCCC/C=C/[C@@H](O)[C@H](COP(=O)(O)O)NC(=O)CCCCCCCCCCCCCCCCCCCCCCCCCCCCCCCCC. The molecule has 0 spiro atoms. The van der Waals surface area contributed by atoms with E-state index in [9.17, 15) is 14.5 Å². The van der Waals surface area contributed by atoms with E-state index < -0.39 is 26.6 Å². The standard InChI is InChI=1S/C48H96NO6P/c1-3-5-7-9-11-13-14-15-16-17-18-19-20-21-22-23-24-25-26-27-28-29-30-31-32-33-34-36-38-40-42-44-48(51)49-46(45-55-56(52,53)54)47(50)43-41-39-37-35-12-10-8-6-4-2/h41,43,46-47,50H,3-40,42,44-45H2,1-2H3,(H,49,51)(H2,52,53,54)/b43-41+/t46-,47+/m0/s1. The Morgan fingerprint density at radius 1 is 0.500 bits per heavy atom. The minimum absolute atomic E-state index is 0.223. The highest BCUT2D eigenvalue weighted by atomic mass is 31.2. The number of rotatable bonds is 46. The number of nitrogens with one attached hydrogen (secondary N) is 1. The fourth-order valence-electron chi connectivity index (χ4n) is 7.76. The maximum Gasteiger partial charge on any atom is 0.469 e. The van der Waals surface area contributed by atoms with Crippen LogP contribution in [-0.2, 0) is 13.9 Å². The van der Waals surface area contributed by atoms with Crippen LogP contribution in [0.3, 0.4) is 0 Å². The summed E-state index contributed by atoms with van der Waals surface area (Å²) >= 11 is 0. The second-order valence-corrected chi connectivity index (χ2v) is 18.4. The number of hydrogen-bond donors (Lipinski definition) is 4. The minimum atomic E-state index is -4.71. The van der Waals surface area contributed by atoms with Crippen LogP contribution in [0, 0.1) is 0 Å². The maximum absolute atomic E-state index is 12.6. The lowest BCUT2D eigenvalue weighted by Gasteiger charge is -2.22. The minimum Gasteiger partial charge on any atom is -0.387 e. The lowest BCUT2D eigenvalue weighted by atomic mass is 10.0. The van der Waals surface area contributed by atoms with E-state index in [-0.39, 0.29) is 5.91 Å². The number of aliphatic hydroxyl groups is 1. The molecule has 0 aromatic heterocycles. The molecule has 7 nitrogen and oxygen atoms in total. The Kier molecular flexibility index (Phi) is 43.3. The van der Waals surface area contributed by atoms with Crippen molar-refractivity contribution in [1.29, 1.82) is 0 Å². The van der Waals surface area contributed by atoms with Crippen molar-refractivity contribution in [3.05, 3.63) is 12.2 Å². The van der Waals surface area contributed by atoms with Crippen LogP contribution in [0.2, 0.25) is 0 Å². The molecule has 0 unspecified atom stereocenters. The normalized spacial score (nSPS) is 13.2. The molecule has 0 aromatic rings. The summed E-state index contributed by atoms with van der Waals surface area (Å²) in [6.07, 6.45) is 54.3. The number of carbonyl (C=O) groups excluding carboxylic acids is 1. The van der Waals surface area contributed by atoms with Gasteiger partial charge in [-0.15, -0.1) is 0 Å². The summed E-state index contributed by atoms with van der Waals surface area (Å²) in [5.41, 5.74) is 0. The molecule has 0 aromatic carbocycles. The van der Waals surface area contributed by atoms with Gasteiger partial charge < -0.3 is 20.2 Å². The van der Waals surface area contributed by atoms with Crippen LogP contribution in [0.5, 0.6) is 0 Å². The average Bonchev–Trinajstić information content (AvgIpc) is 3.17. The Labute approximate surface area is 348 Å². The number of carbonyl (C=O) groups is 1. The van der Waals surface area contributed by atoms with Gasteiger partial charge in [-0.25, -0.2) is 4.57 Å². The van der Waals surface area contributed by atoms with Gasteiger partial charge in [0.1, 0.15) is 0 Å². The van der Waals surface area contributed by atoms with E-state index in [0.29, 0.717) is 6.42 Å². The van der Waals surface area contributed by atoms with E-state index >= 15 is 0 Å². The van der Waals surface area contributed by atoms with Crippen molar-refractivity contribution >= 4 is 13.7 Å². The van der Waals surface area contributed by atoms with Crippen LogP contribution in [-0.4, -0.2) is 39.6 Å². The molecule has 0 fully saturated rings. The molecule has 0 aliphatic heterocycles. The Morgan fingerprint density at radius 2 is 0.786 bits per heavy atom. The van der Waals surface area contributed by atoms with Crippen LogP contribution >= 0.6 is 7.82 Å². The van der Waals surface area contributed by atoms with Crippen molar-refractivity contribution < 1.29 is 28.8 Å². The number of amides is 1. The average molecular weight is 814 g/mol. The van der Waals surface area contributed by atoms with Gasteiger partial charge in [-0.3, -0.25) is 9.32 Å². The Bertz CT molecular complexity index is 880. The van der Waals surface area contributed by atoms with Crippen molar-refractivity contribution in [2.45, 2.75) is 283 Å². The van der Waals surface area contributed by atoms with Crippen LogP contribution in [0.4, 0.5) is 0 Å². The van der Waals surface area contributed by atoms with Gasteiger partial charge in [0.15, 0.2) is 0 Å². The van der Waals surface area contributed by atoms with Crippen LogP contribution in [0.1, 0.15) is 271 Å². The molecule has 2 atom stereocenters.